The number of amides is 1. The largest absolute Gasteiger partial charge is 0.483 e. The van der Waals surface area contributed by atoms with Gasteiger partial charge in [-0.3, -0.25) is 14.9 Å². The third-order valence-corrected chi connectivity index (χ3v) is 4.31. The van der Waals surface area contributed by atoms with Gasteiger partial charge in [0.05, 0.1) is 15.6 Å². The molecule has 0 aromatic heterocycles. The highest BCUT2D eigenvalue weighted by molar-refractivity contribution is 9.10. The van der Waals surface area contributed by atoms with Crippen molar-refractivity contribution in [3.05, 3.63) is 67.1 Å². The summed E-state index contributed by atoms with van der Waals surface area (Å²) in [6, 6.07) is 9.57. The quantitative estimate of drug-likeness (QED) is 0.398. The van der Waals surface area contributed by atoms with Gasteiger partial charge >= 0.3 is 0 Å². The first-order valence-corrected chi connectivity index (χ1v) is 8.75. The maximum atomic E-state index is 11.8. The van der Waals surface area contributed by atoms with E-state index in [1.165, 1.54) is 24.4 Å². The summed E-state index contributed by atoms with van der Waals surface area (Å²) in [5.41, 5.74) is 3.63. The minimum atomic E-state index is -0.540. The molecule has 0 aliphatic heterocycles. The summed E-state index contributed by atoms with van der Waals surface area (Å²) < 4.78 is 6.19. The van der Waals surface area contributed by atoms with E-state index in [4.69, 9.17) is 16.3 Å². The molecule has 1 amide bonds. The van der Waals surface area contributed by atoms with Gasteiger partial charge in [-0.05, 0) is 46.1 Å². The SMILES string of the molecule is CCc1ccc(OCC(=O)NN=Cc2cc([N+](=O)[O-])ccc2Cl)c(Br)c1. The predicted octanol–water partition coefficient (Wildman–Crippen LogP) is 4.10. The molecule has 0 aliphatic rings. The summed E-state index contributed by atoms with van der Waals surface area (Å²) >= 11 is 9.33. The fraction of sp³-hybridized carbons (Fsp3) is 0.176. The maximum Gasteiger partial charge on any atom is 0.277 e. The molecule has 2 aromatic carbocycles. The standard InChI is InChI=1S/C17H15BrClN3O4/c1-2-11-3-6-16(14(18)7-11)26-10-17(23)21-20-9-12-8-13(22(24)25)4-5-15(12)19/h3-9H,2,10H2,1H3,(H,21,23). The lowest BCUT2D eigenvalue weighted by Crippen LogP contribution is -2.24. The number of carbonyl (C=O) groups excluding carboxylic acids is 1. The van der Waals surface area contributed by atoms with E-state index in [1.807, 2.05) is 19.1 Å². The van der Waals surface area contributed by atoms with Crippen LogP contribution in [0.1, 0.15) is 18.1 Å². The number of hydrogen-bond acceptors (Lipinski definition) is 5. The van der Waals surface area contributed by atoms with Crippen molar-refractivity contribution in [1.29, 1.82) is 0 Å². The van der Waals surface area contributed by atoms with E-state index < -0.39 is 10.8 Å². The van der Waals surface area contributed by atoms with E-state index in [1.54, 1.807) is 6.07 Å². The molecule has 0 fully saturated rings. The van der Waals surface area contributed by atoms with Crippen molar-refractivity contribution in [2.45, 2.75) is 13.3 Å². The van der Waals surface area contributed by atoms with E-state index in [0.717, 1.165) is 16.5 Å². The fourth-order valence-corrected chi connectivity index (χ4v) is 2.68. The number of benzene rings is 2. The number of nitro benzene ring substituents is 1. The minimum Gasteiger partial charge on any atom is -0.483 e. The second-order valence-electron chi connectivity index (χ2n) is 5.16. The number of non-ortho nitro benzene ring substituents is 1. The molecule has 1 N–H and O–H groups in total. The Balaban J connectivity index is 1.92. The van der Waals surface area contributed by atoms with Crippen molar-refractivity contribution >= 4 is 45.3 Å². The Morgan fingerprint density at radius 3 is 2.81 bits per heavy atom. The van der Waals surface area contributed by atoms with Crippen molar-refractivity contribution in [1.82, 2.24) is 5.43 Å². The number of halogens is 2. The Labute approximate surface area is 163 Å². The number of rotatable bonds is 7. The van der Waals surface area contributed by atoms with Gasteiger partial charge in [0.1, 0.15) is 5.75 Å². The minimum absolute atomic E-state index is 0.120. The fourth-order valence-electron chi connectivity index (χ4n) is 1.97. The summed E-state index contributed by atoms with van der Waals surface area (Å²) in [4.78, 5) is 22.0. The molecular formula is C17H15BrClN3O4. The molecule has 0 aliphatic carbocycles. The lowest BCUT2D eigenvalue weighted by Gasteiger charge is -2.08. The number of hydrogen-bond donors (Lipinski definition) is 1. The zero-order chi connectivity index (χ0) is 19.1. The molecule has 0 unspecified atom stereocenters. The van der Waals surface area contributed by atoms with Gasteiger partial charge in [0, 0.05) is 22.7 Å². The maximum absolute atomic E-state index is 11.8. The Hall–Kier alpha value is -2.45. The van der Waals surface area contributed by atoms with Gasteiger partial charge in [-0.15, -0.1) is 0 Å². The van der Waals surface area contributed by atoms with Crippen molar-refractivity contribution in [2.75, 3.05) is 6.61 Å². The Morgan fingerprint density at radius 2 is 2.15 bits per heavy atom. The Kier molecular flexibility index (Phi) is 7.11. The van der Waals surface area contributed by atoms with Crippen LogP contribution in [0.15, 0.2) is 46.0 Å². The number of aryl methyl sites for hydroxylation is 1. The van der Waals surface area contributed by atoms with Gasteiger partial charge in [0.15, 0.2) is 6.61 Å². The van der Waals surface area contributed by atoms with Gasteiger partial charge in [-0.25, -0.2) is 5.43 Å². The van der Waals surface area contributed by atoms with Crippen LogP contribution < -0.4 is 10.2 Å². The molecule has 9 heteroatoms. The van der Waals surface area contributed by atoms with Gasteiger partial charge in [0.25, 0.3) is 11.6 Å². The number of ether oxygens (including phenoxy) is 1. The Bertz CT molecular complexity index is 858. The van der Waals surface area contributed by atoms with Crippen LogP contribution in [0.4, 0.5) is 5.69 Å². The molecule has 136 valence electrons. The average Bonchev–Trinajstić information content (AvgIpc) is 2.61. The third-order valence-electron chi connectivity index (χ3n) is 3.35. The van der Waals surface area contributed by atoms with E-state index in [-0.39, 0.29) is 17.3 Å². The second kappa shape index (κ2) is 9.30. The predicted molar refractivity (Wildman–Crippen MR) is 103 cm³/mol. The number of hydrazone groups is 1. The third kappa shape index (κ3) is 5.53. The van der Waals surface area contributed by atoms with Crippen LogP contribution in [0.25, 0.3) is 0 Å². The first kappa shape index (κ1) is 19.9. The zero-order valence-electron chi connectivity index (χ0n) is 13.7. The van der Waals surface area contributed by atoms with Gasteiger partial charge in [0.2, 0.25) is 0 Å². The van der Waals surface area contributed by atoms with Crippen LogP contribution >= 0.6 is 27.5 Å². The average molecular weight is 441 g/mol. The highest BCUT2D eigenvalue weighted by Crippen LogP contribution is 2.26. The first-order valence-electron chi connectivity index (χ1n) is 7.57. The van der Waals surface area contributed by atoms with Crippen LogP contribution in [0.3, 0.4) is 0 Å². The number of nitro groups is 1. The molecule has 0 saturated carbocycles. The number of carbonyl (C=O) groups is 1. The Morgan fingerprint density at radius 1 is 1.38 bits per heavy atom. The van der Waals surface area contributed by atoms with Gasteiger partial charge < -0.3 is 4.74 Å². The van der Waals surface area contributed by atoms with E-state index in [2.05, 4.69) is 26.5 Å². The van der Waals surface area contributed by atoms with Crippen LogP contribution in [0.2, 0.25) is 5.02 Å². The lowest BCUT2D eigenvalue weighted by atomic mass is 10.2. The molecule has 2 aromatic rings. The molecule has 0 heterocycles. The second-order valence-corrected chi connectivity index (χ2v) is 6.42. The first-order chi connectivity index (χ1) is 12.4. The summed E-state index contributed by atoms with van der Waals surface area (Å²) in [7, 11) is 0. The summed E-state index contributed by atoms with van der Waals surface area (Å²) in [6.45, 7) is 1.81. The summed E-state index contributed by atoms with van der Waals surface area (Å²) in [6.07, 6.45) is 2.13. The monoisotopic (exact) mass is 439 g/mol. The lowest BCUT2D eigenvalue weighted by molar-refractivity contribution is -0.384. The normalized spacial score (nSPS) is 10.7. The molecule has 0 spiro atoms. The van der Waals surface area contributed by atoms with Crippen molar-refractivity contribution in [2.24, 2.45) is 5.10 Å². The van der Waals surface area contributed by atoms with Crippen molar-refractivity contribution in [3.8, 4) is 5.75 Å². The van der Waals surface area contributed by atoms with Gasteiger partial charge in [-0.1, -0.05) is 24.6 Å². The zero-order valence-corrected chi connectivity index (χ0v) is 16.1. The van der Waals surface area contributed by atoms with Crippen molar-refractivity contribution < 1.29 is 14.5 Å². The van der Waals surface area contributed by atoms with Crippen LogP contribution in [0.5, 0.6) is 5.75 Å². The van der Waals surface area contributed by atoms with Crippen molar-refractivity contribution in [3.63, 3.8) is 0 Å². The van der Waals surface area contributed by atoms with Crippen LogP contribution in [-0.2, 0) is 11.2 Å². The molecular weight excluding hydrogens is 426 g/mol. The molecule has 0 atom stereocenters. The van der Waals surface area contributed by atoms with E-state index in [9.17, 15) is 14.9 Å². The summed E-state index contributed by atoms with van der Waals surface area (Å²) in [5.74, 6) is 0.0670. The smallest absolute Gasteiger partial charge is 0.277 e. The summed E-state index contributed by atoms with van der Waals surface area (Å²) in [5, 5.41) is 14.8. The molecule has 2 rings (SSSR count). The van der Waals surface area contributed by atoms with Crippen LogP contribution in [-0.4, -0.2) is 23.7 Å². The molecule has 0 bridgehead atoms. The van der Waals surface area contributed by atoms with Crippen LogP contribution in [0, 0.1) is 10.1 Å². The number of nitrogens with zero attached hydrogens (tertiary/aromatic N) is 2. The molecule has 0 saturated heterocycles. The van der Waals surface area contributed by atoms with E-state index in [0.29, 0.717) is 11.3 Å². The highest BCUT2D eigenvalue weighted by Gasteiger charge is 2.09. The van der Waals surface area contributed by atoms with E-state index >= 15 is 0 Å². The van der Waals surface area contributed by atoms with Gasteiger partial charge in [-0.2, -0.15) is 5.10 Å². The molecule has 0 radical (unpaired) electrons. The number of nitrogens with one attached hydrogen (secondary N) is 1. The molecule has 7 nitrogen and oxygen atoms in total. The highest BCUT2D eigenvalue weighted by atomic mass is 79.9. The topological polar surface area (TPSA) is 93.8 Å². The molecule has 26 heavy (non-hydrogen) atoms.